The van der Waals surface area contributed by atoms with E-state index in [1.54, 1.807) is 24.3 Å². The van der Waals surface area contributed by atoms with Crippen LogP contribution in [0.5, 0.6) is 23.0 Å². The molecule has 1 aliphatic rings. The summed E-state index contributed by atoms with van der Waals surface area (Å²) in [6.45, 7) is 0.763. The van der Waals surface area contributed by atoms with Gasteiger partial charge >= 0.3 is 5.97 Å². The number of Topliss-reactive ketones (excluding diaryl/α,β-unsaturated/α-hetero) is 1. The van der Waals surface area contributed by atoms with E-state index in [0.717, 1.165) is 0 Å². The molecule has 3 rings (SSSR count). The third-order valence-electron chi connectivity index (χ3n) is 4.78. The van der Waals surface area contributed by atoms with E-state index >= 15 is 0 Å². The summed E-state index contributed by atoms with van der Waals surface area (Å²) in [5, 5.41) is 20.6. The van der Waals surface area contributed by atoms with Crippen molar-refractivity contribution in [2.75, 3.05) is 20.8 Å². The third-order valence-corrected chi connectivity index (χ3v) is 4.78. The Morgan fingerprint density at radius 2 is 1.85 bits per heavy atom. The normalized spacial score (nSPS) is 15.3. The van der Waals surface area contributed by atoms with Gasteiger partial charge in [0.25, 0.3) is 5.91 Å². The van der Waals surface area contributed by atoms with Crippen molar-refractivity contribution in [2.45, 2.75) is 19.1 Å². The number of rotatable bonds is 9. The minimum Gasteiger partial charge on any atom is -0.493 e. The lowest BCUT2D eigenvalue weighted by Gasteiger charge is -2.17. The highest BCUT2D eigenvalue weighted by Gasteiger charge is 2.28. The molecule has 3 N–H and O–H groups in total. The van der Waals surface area contributed by atoms with Gasteiger partial charge in [0.1, 0.15) is 11.5 Å². The molecule has 0 saturated heterocycles. The minimum absolute atomic E-state index is 0.105. The van der Waals surface area contributed by atoms with Crippen molar-refractivity contribution in [3.8, 4) is 23.0 Å². The largest absolute Gasteiger partial charge is 0.493 e. The molecule has 10 nitrogen and oxygen atoms in total. The van der Waals surface area contributed by atoms with Crippen molar-refractivity contribution in [3.63, 3.8) is 0 Å². The van der Waals surface area contributed by atoms with Gasteiger partial charge in [-0.15, -0.1) is 0 Å². The number of benzene rings is 2. The molecule has 0 spiro atoms. The van der Waals surface area contributed by atoms with Gasteiger partial charge in [0.05, 0.1) is 25.9 Å². The van der Waals surface area contributed by atoms with Crippen LogP contribution in [0.2, 0.25) is 0 Å². The average Bonchev–Trinajstić information content (AvgIpc) is 3.09. The van der Waals surface area contributed by atoms with Gasteiger partial charge in [-0.1, -0.05) is 6.07 Å². The molecule has 0 aliphatic carbocycles. The summed E-state index contributed by atoms with van der Waals surface area (Å²) in [5.74, 6) is -0.741. The molecule has 0 aromatic heterocycles. The summed E-state index contributed by atoms with van der Waals surface area (Å²) in [6.07, 6.45) is 0.294. The molecule has 2 aromatic rings. The molecule has 10 heteroatoms. The van der Waals surface area contributed by atoms with Crippen molar-refractivity contribution < 1.29 is 43.5 Å². The lowest BCUT2D eigenvalue weighted by molar-refractivity contribution is -0.145. The number of allylic oxidation sites excluding steroid dienone is 1. The van der Waals surface area contributed by atoms with Crippen LogP contribution in [0.1, 0.15) is 22.8 Å². The Labute approximate surface area is 189 Å². The van der Waals surface area contributed by atoms with Gasteiger partial charge in [-0.05, 0) is 42.8 Å². The van der Waals surface area contributed by atoms with Crippen molar-refractivity contribution in [3.05, 3.63) is 53.3 Å². The Bertz CT molecular complexity index is 1110. The molecule has 0 fully saturated rings. The number of methoxy groups -OCH3 is 2. The molecule has 0 radical (unpaired) electrons. The van der Waals surface area contributed by atoms with Gasteiger partial charge in [0.2, 0.25) is 5.78 Å². The molecule has 174 valence electrons. The number of hydrogen-bond donors (Lipinski definition) is 3. The Hall–Kier alpha value is -4.05. The molecule has 1 unspecified atom stereocenters. The number of ether oxygens (including phenoxy) is 4. The number of nitrogens with one attached hydrogen (secondary N) is 1. The molecular weight excluding hydrogens is 434 g/mol. The van der Waals surface area contributed by atoms with Crippen molar-refractivity contribution in [1.29, 1.82) is 0 Å². The maximum Gasteiger partial charge on any atom is 0.328 e. The minimum atomic E-state index is -1.45. The topological polar surface area (TPSA) is 141 Å². The van der Waals surface area contributed by atoms with Gasteiger partial charge in [-0.25, -0.2) is 4.79 Å². The molecule has 2 aromatic carbocycles. The van der Waals surface area contributed by atoms with E-state index in [4.69, 9.17) is 24.1 Å². The number of aliphatic hydroxyl groups excluding tert-OH is 1. The fourth-order valence-corrected chi connectivity index (χ4v) is 3.10. The number of aliphatic hydroxyl groups is 1. The van der Waals surface area contributed by atoms with E-state index in [9.17, 15) is 19.5 Å². The number of carboxylic acid groups (broad SMARTS) is 1. The zero-order valence-corrected chi connectivity index (χ0v) is 18.2. The van der Waals surface area contributed by atoms with Gasteiger partial charge < -0.3 is 34.5 Å². The van der Waals surface area contributed by atoms with E-state index in [1.165, 1.54) is 39.3 Å². The second-order valence-corrected chi connectivity index (χ2v) is 7.12. The maximum absolute atomic E-state index is 12.7. The molecule has 1 heterocycles. The van der Waals surface area contributed by atoms with Crippen molar-refractivity contribution in [1.82, 2.24) is 5.32 Å². The predicted molar refractivity (Wildman–Crippen MR) is 116 cm³/mol. The smallest absolute Gasteiger partial charge is 0.328 e. The van der Waals surface area contributed by atoms with E-state index in [-0.39, 0.29) is 23.0 Å². The third kappa shape index (κ3) is 5.42. The fraction of sp³-hybridized carbons (Fsp3) is 0.261. The fourth-order valence-electron chi connectivity index (χ4n) is 3.10. The van der Waals surface area contributed by atoms with Crippen molar-refractivity contribution in [2.24, 2.45) is 0 Å². The summed E-state index contributed by atoms with van der Waals surface area (Å²) < 4.78 is 21.5. The molecule has 33 heavy (non-hydrogen) atoms. The highest BCUT2D eigenvalue weighted by molar-refractivity contribution is 6.14. The van der Waals surface area contributed by atoms with Crippen LogP contribution in [0.15, 0.2) is 42.2 Å². The highest BCUT2D eigenvalue weighted by Crippen LogP contribution is 2.36. The molecule has 0 bridgehead atoms. The van der Waals surface area contributed by atoms with Crippen LogP contribution < -0.4 is 24.3 Å². The number of carboxylic acids is 1. The lowest BCUT2D eigenvalue weighted by atomic mass is 10.1. The van der Waals surface area contributed by atoms with E-state index in [1.807, 2.05) is 0 Å². The zero-order valence-electron chi connectivity index (χ0n) is 18.2. The van der Waals surface area contributed by atoms with Gasteiger partial charge in [0.15, 0.2) is 29.9 Å². The first-order chi connectivity index (χ1) is 15.7. The standard InChI is InChI=1S/C23H23NO9/c1-12(25)21(23(28)29)24-20(26)11-32-14-5-6-15-17(10-14)33-19(22(15)27)9-13-4-7-16(30-2)18(8-13)31-3/h4-10,12,21,25H,11H2,1-3H3,(H,24,26)(H,28,29)/b19-9-/t12?,21-/m1/s1. The SMILES string of the molecule is COc1ccc(/C=C2\Oc3cc(OCC(=O)N[C@@H](C(=O)O)C(C)O)ccc3C2=O)cc1OC. The summed E-state index contributed by atoms with van der Waals surface area (Å²) in [6, 6.07) is 8.17. The number of fused-ring (bicyclic) bond motifs is 1. The molecule has 2 atom stereocenters. The number of hydrogen-bond acceptors (Lipinski definition) is 8. The molecule has 1 amide bonds. The first-order valence-corrected chi connectivity index (χ1v) is 9.86. The number of aliphatic carboxylic acids is 1. The maximum atomic E-state index is 12.7. The van der Waals surface area contributed by atoms with Crippen LogP contribution in [0.4, 0.5) is 0 Å². The molecule has 1 aliphatic heterocycles. The Morgan fingerprint density at radius 3 is 2.48 bits per heavy atom. The number of ketones is 1. The van der Waals surface area contributed by atoms with Crippen LogP contribution in [0.25, 0.3) is 6.08 Å². The first-order valence-electron chi connectivity index (χ1n) is 9.86. The summed E-state index contributed by atoms with van der Waals surface area (Å²) in [4.78, 5) is 35.7. The Morgan fingerprint density at radius 1 is 1.12 bits per heavy atom. The van der Waals surface area contributed by atoms with Crippen LogP contribution in [0.3, 0.4) is 0 Å². The summed E-state index contributed by atoms with van der Waals surface area (Å²) in [7, 11) is 3.03. The quantitative estimate of drug-likeness (QED) is 0.479. The summed E-state index contributed by atoms with van der Waals surface area (Å²) in [5.41, 5.74) is 1.00. The van der Waals surface area contributed by atoms with Gasteiger partial charge in [-0.2, -0.15) is 0 Å². The Balaban J connectivity index is 1.69. The molecular formula is C23H23NO9. The summed E-state index contributed by atoms with van der Waals surface area (Å²) >= 11 is 0. The van der Waals surface area contributed by atoms with Gasteiger partial charge in [0, 0.05) is 6.07 Å². The monoisotopic (exact) mass is 457 g/mol. The van der Waals surface area contributed by atoms with Crippen LogP contribution in [-0.4, -0.2) is 60.8 Å². The van der Waals surface area contributed by atoms with E-state index in [2.05, 4.69) is 5.32 Å². The predicted octanol–water partition coefficient (Wildman–Crippen LogP) is 1.65. The van der Waals surface area contributed by atoms with Crippen LogP contribution in [0, 0.1) is 0 Å². The van der Waals surface area contributed by atoms with Gasteiger partial charge in [-0.3, -0.25) is 9.59 Å². The second kappa shape index (κ2) is 10.0. The number of amides is 1. The number of carbonyl (C=O) groups excluding carboxylic acids is 2. The first kappa shape index (κ1) is 23.6. The average molecular weight is 457 g/mol. The number of carbonyl (C=O) groups is 3. The van der Waals surface area contributed by atoms with Crippen molar-refractivity contribution >= 4 is 23.7 Å². The van der Waals surface area contributed by atoms with Crippen LogP contribution >= 0.6 is 0 Å². The Kier molecular flexibility index (Phi) is 7.19. The molecule has 0 saturated carbocycles. The highest BCUT2D eigenvalue weighted by atomic mass is 16.5. The lowest BCUT2D eigenvalue weighted by Crippen LogP contribution is -2.49. The van der Waals surface area contributed by atoms with E-state index < -0.39 is 30.6 Å². The second-order valence-electron chi connectivity index (χ2n) is 7.12. The van der Waals surface area contributed by atoms with Crippen LogP contribution in [-0.2, 0) is 9.59 Å². The van der Waals surface area contributed by atoms with E-state index in [0.29, 0.717) is 22.6 Å². The zero-order chi connectivity index (χ0) is 24.1.